The third-order valence-electron chi connectivity index (χ3n) is 3.55. The zero-order valence-electron chi connectivity index (χ0n) is 13.1. The topological polar surface area (TPSA) is 84.3 Å². The van der Waals surface area contributed by atoms with E-state index in [1.54, 1.807) is 17.4 Å². The molecular formula is C18H15N3O3S. The summed E-state index contributed by atoms with van der Waals surface area (Å²) < 4.78 is 0. The maximum Gasteiger partial charge on any atom is 0.320 e. The van der Waals surface area contributed by atoms with E-state index < -0.39 is 11.0 Å². The number of anilines is 1. The molecule has 6 nitrogen and oxygen atoms in total. The number of amides is 2. The summed E-state index contributed by atoms with van der Waals surface area (Å²) in [5.41, 5.74) is 1.25. The van der Waals surface area contributed by atoms with Gasteiger partial charge in [-0.2, -0.15) is 0 Å². The van der Waals surface area contributed by atoms with Crippen molar-refractivity contribution in [2.75, 3.05) is 5.32 Å². The van der Waals surface area contributed by atoms with Crippen molar-refractivity contribution < 1.29 is 9.72 Å². The molecule has 0 bridgehead atoms. The van der Waals surface area contributed by atoms with Crippen molar-refractivity contribution in [2.24, 2.45) is 0 Å². The minimum atomic E-state index is -0.499. The van der Waals surface area contributed by atoms with Crippen molar-refractivity contribution >= 4 is 28.7 Å². The average Bonchev–Trinajstić information content (AvgIpc) is 3.15. The van der Waals surface area contributed by atoms with E-state index in [-0.39, 0.29) is 11.7 Å². The van der Waals surface area contributed by atoms with Crippen molar-refractivity contribution in [1.82, 2.24) is 5.32 Å². The predicted octanol–water partition coefficient (Wildman–Crippen LogP) is 4.57. The molecule has 126 valence electrons. The van der Waals surface area contributed by atoms with Crippen LogP contribution in [0.2, 0.25) is 0 Å². The van der Waals surface area contributed by atoms with E-state index in [0.717, 1.165) is 10.4 Å². The molecule has 3 aromatic rings. The molecule has 1 heterocycles. The molecule has 7 heteroatoms. The summed E-state index contributed by atoms with van der Waals surface area (Å²) >= 11 is 1.55. The first-order valence-corrected chi connectivity index (χ1v) is 8.42. The van der Waals surface area contributed by atoms with Crippen LogP contribution in [0.25, 0.3) is 0 Å². The number of urea groups is 1. The van der Waals surface area contributed by atoms with Gasteiger partial charge in [0.1, 0.15) is 0 Å². The van der Waals surface area contributed by atoms with E-state index in [9.17, 15) is 14.9 Å². The van der Waals surface area contributed by atoms with Gasteiger partial charge in [-0.05, 0) is 23.1 Å². The van der Waals surface area contributed by atoms with E-state index in [4.69, 9.17) is 0 Å². The van der Waals surface area contributed by atoms with E-state index in [0.29, 0.717) is 5.69 Å². The van der Waals surface area contributed by atoms with Gasteiger partial charge in [-0.1, -0.05) is 42.5 Å². The molecule has 0 saturated heterocycles. The minimum absolute atomic E-state index is 0.0735. The number of rotatable bonds is 5. The van der Waals surface area contributed by atoms with E-state index in [2.05, 4.69) is 10.6 Å². The van der Waals surface area contributed by atoms with Crippen molar-refractivity contribution in [3.8, 4) is 0 Å². The lowest BCUT2D eigenvalue weighted by atomic mass is 10.1. The summed E-state index contributed by atoms with van der Waals surface area (Å²) in [6.07, 6.45) is 0. The number of nitro benzene ring substituents is 1. The molecule has 3 rings (SSSR count). The molecule has 0 radical (unpaired) electrons. The molecule has 1 unspecified atom stereocenters. The molecule has 0 aliphatic heterocycles. The number of hydrogen-bond acceptors (Lipinski definition) is 4. The fraction of sp³-hybridized carbons (Fsp3) is 0.0556. The first-order valence-electron chi connectivity index (χ1n) is 7.54. The second-order valence-corrected chi connectivity index (χ2v) is 6.24. The molecule has 0 aliphatic rings. The molecule has 0 fully saturated rings. The van der Waals surface area contributed by atoms with Crippen LogP contribution in [0, 0.1) is 10.1 Å². The van der Waals surface area contributed by atoms with Gasteiger partial charge in [0.15, 0.2) is 0 Å². The van der Waals surface area contributed by atoms with Gasteiger partial charge < -0.3 is 10.6 Å². The Morgan fingerprint density at radius 3 is 2.52 bits per heavy atom. The van der Waals surface area contributed by atoms with Crippen molar-refractivity contribution in [2.45, 2.75) is 6.04 Å². The molecule has 0 saturated carbocycles. The second kappa shape index (κ2) is 7.59. The fourth-order valence-electron chi connectivity index (χ4n) is 2.42. The molecule has 2 aromatic carbocycles. The number of non-ortho nitro benzene ring substituents is 1. The average molecular weight is 353 g/mol. The Morgan fingerprint density at radius 2 is 1.84 bits per heavy atom. The quantitative estimate of drug-likeness (QED) is 0.520. The summed E-state index contributed by atoms with van der Waals surface area (Å²) in [6, 6.07) is 18.6. The van der Waals surface area contributed by atoms with Gasteiger partial charge in [-0.15, -0.1) is 11.3 Å². The number of carbonyl (C=O) groups excluding carboxylic acids is 1. The Bertz CT molecular complexity index is 866. The third kappa shape index (κ3) is 4.21. The van der Waals surface area contributed by atoms with Gasteiger partial charge in [-0.3, -0.25) is 10.1 Å². The highest BCUT2D eigenvalue weighted by molar-refractivity contribution is 7.10. The Balaban J connectivity index is 1.77. The molecule has 0 spiro atoms. The molecular weight excluding hydrogens is 338 g/mol. The molecule has 2 N–H and O–H groups in total. The number of thiophene rings is 1. The van der Waals surface area contributed by atoms with E-state index in [1.807, 2.05) is 47.8 Å². The number of carbonyl (C=O) groups is 1. The van der Waals surface area contributed by atoms with Crippen LogP contribution in [0.3, 0.4) is 0 Å². The van der Waals surface area contributed by atoms with Crippen LogP contribution in [0.4, 0.5) is 16.2 Å². The third-order valence-corrected chi connectivity index (χ3v) is 4.49. The summed E-state index contributed by atoms with van der Waals surface area (Å²) in [6.45, 7) is 0. The van der Waals surface area contributed by atoms with Crippen LogP contribution in [-0.2, 0) is 0 Å². The highest BCUT2D eigenvalue weighted by Crippen LogP contribution is 2.26. The number of nitrogens with one attached hydrogen (secondary N) is 2. The highest BCUT2D eigenvalue weighted by Gasteiger charge is 2.18. The Hall–Kier alpha value is -3.19. The van der Waals surface area contributed by atoms with Crippen LogP contribution < -0.4 is 10.6 Å². The molecule has 1 aromatic heterocycles. The lowest BCUT2D eigenvalue weighted by Gasteiger charge is -2.18. The van der Waals surface area contributed by atoms with Gasteiger partial charge in [0, 0.05) is 22.7 Å². The largest absolute Gasteiger partial charge is 0.326 e. The fourth-order valence-corrected chi connectivity index (χ4v) is 3.22. The Kier molecular flexibility index (Phi) is 5.06. The standard InChI is InChI=1S/C18H15N3O3S/c22-18(19-14-8-4-9-15(12-14)21(23)24)20-17(16-10-5-11-25-16)13-6-2-1-3-7-13/h1-12,17H,(H2,19,20,22). The number of hydrogen-bond donors (Lipinski definition) is 2. The molecule has 25 heavy (non-hydrogen) atoms. The summed E-state index contributed by atoms with van der Waals surface area (Å²) in [5, 5.41) is 18.4. The van der Waals surface area contributed by atoms with Gasteiger partial charge in [-0.25, -0.2) is 4.79 Å². The Morgan fingerprint density at radius 1 is 1.04 bits per heavy atom. The van der Waals surface area contributed by atoms with Crippen molar-refractivity contribution in [1.29, 1.82) is 0 Å². The zero-order valence-corrected chi connectivity index (χ0v) is 13.9. The molecule has 0 aliphatic carbocycles. The number of nitro groups is 1. The first kappa shape index (κ1) is 16.7. The van der Waals surface area contributed by atoms with Crippen LogP contribution in [-0.4, -0.2) is 11.0 Å². The SMILES string of the molecule is O=C(Nc1cccc([N+](=O)[O-])c1)NC(c1ccccc1)c1cccs1. The molecule has 2 amide bonds. The van der Waals surface area contributed by atoms with Crippen molar-refractivity contribution in [3.63, 3.8) is 0 Å². The van der Waals surface area contributed by atoms with Crippen LogP contribution in [0.15, 0.2) is 72.1 Å². The predicted molar refractivity (Wildman–Crippen MR) is 97.9 cm³/mol. The van der Waals surface area contributed by atoms with Crippen LogP contribution in [0.1, 0.15) is 16.5 Å². The van der Waals surface area contributed by atoms with Crippen LogP contribution >= 0.6 is 11.3 Å². The van der Waals surface area contributed by atoms with Gasteiger partial charge in [0.2, 0.25) is 0 Å². The smallest absolute Gasteiger partial charge is 0.320 e. The Labute approximate surface area is 148 Å². The zero-order chi connectivity index (χ0) is 17.6. The summed E-state index contributed by atoms with van der Waals surface area (Å²) in [5.74, 6) is 0. The number of benzene rings is 2. The lowest BCUT2D eigenvalue weighted by Crippen LogP contribution is -2.32. The minimum Gasteiger partial charge on any atom is -0.326 e. The maximum atomic E-state index is 12.4. The van der Waals surface area contributed by atoms with Gasteiger partial charge >= 0.3 is 6.03 Å². The van der Waals surface area contributed by atoms with Crippen molar-refractivity contribution in [3.05, 3.63) is 92.7 Å². The number of nitrogens with zero attached hydrogens (tertiary/aromatic N) is 1. The van der Waals surface area contributed by atoms with Gasteiger partial charge in [0.05, 0.1) is 11.0 Å². The normalized spacial score (nSPS) is 11.5. The molecule has 1 atom stereocenters. The summed E-state index contributed by atoms with van der Waals surface area (Å²) in [7, 11) is 0. The summed E-state index contributed by atoms with van der Waals surface area (Å²) in [4.78, 5) is 23.7. The maximum absolute atomic E-state index is 12.4. The lowest BCUT2D eigenvalue weighted by molar-refractivity contribution is -0.384. The monoisotopic (exact) mass is 353 g/mol. The van der Waals surface area contributed by atoms with Gasteiger partial charge in [0.25, 0.3) is 5.69 Å². The van der Waals surface area contributed by atoms with Crippen LogP contribution in [0.5, 0.6) is 0 Å². The second-order valence-electron chi connectivity index (χ2n) is 5.27. The van der Waals surface area contributed by atoms with E-state index >= 15 is 0 Å². The highest BCUT2D eigenvalue weighted by atomic mass is 32.1. The first-order chi connectivity index (χ1) is 12.1. The van der Waals surface area contributed by atoms with E-state index in [1.165, 1.54) is 18.2 Å².